The number of nitrogens with two attached hydrogens (primary N) is 1. The van der Waals surface area contributed by atoms with Crippen LogP contribution in [-0.4, -0.2) is 24.0 Å². The van der Waals surface area contributed by atoms with E-state index in [1.54, 1.807) is 6.07 Å². The lowest BCUT2D eigenvalue weighted by atomic mass is 10.1. The fraction of sp³-hybridized carbons (Fsp3) is 0.500. The molecule has 2 N–H and O–H groups in total. The van der Waals surface area contributed by atoms with Crippen LogP contribution in [0.2, 0.25) is 10.0 Å². The molecule has 0 amide bonds. The maximum atomic E-state index is 13.1. The van der Waals surface area contributed by atoms with Gasteiger partial charge in [-0.1, -0.05) is 29.3 Å². The van der Waals surface area contributed by atoms with Crippen molar-refractivity contribution in [3.63, 3.8) is 0 Å². The fourth-order valence-corrected chi connectivity index (χ4v) is 2.44. The van der Waals surface area contributed by atoms with Crippen LogP contribution >= 0.6 is 23.2 Å². The zero-order chi connectivity index (χ0) is 12.4. The van der Waals surface area contributed by atoms with Gasteiger partial charge in [0.2, 0.25) is 0 Å². The van der Waals surface area contributed by atoms with E-state index in [0.29, 0.717) is 17.6 Å². The van der Waals surface area contributed by atoms with Gasteiger partial charge >= 0.3 is 0 Å². The normalized spacial score (nSPS) is 18.6. The van der Waals surface area contributed by atoms with Gasteiger partial charge in [-0.3, -0.25) is 4.90 Å². The van der Waals surface area contributed by atoms with E-state index < -0.39 is 5.82 Å². The molecule has 17 heavy (non-hydrogen) atoms. The standard InChI is InChI=1S/C12H15Cl2FN2/c13-11-8(1-2-10(15)12(11)14)7-17-5-3-9(16)4-6-17/h1-2,9H,3-7,16H2. The Bertz CT molecular complexity index is 404. The minimum atomic E-state index is -0.471. The van der Waals surface area contributed by atoms with Crippen molar-refractivity contribution in [1.82, 2.24) is 4.90 Å². The second-order valence-electron chi connectivity index (χ2n) is 4.45. The summed E-state index contributed by atoms with van der Waals surface area (Å²) < 4.78 is 13.1. The molecule has 94 valence electrons. The third-order valence-corrected chi connectivity index (χ3v) is 4.04. The van der Waals surface area contributed by atoms with Gasteiger partial charge in [0.05, 0.1) is 10.0 Å². The Morgan fingerprint density at radius 1 is 1.24 bits per heavy atom. The van der Waals surface area contributed by atoms with Gasteiger partial charge < -0.3 is 5.73 Å². The average molecular weight is 277 g/mol. The van der Waals surface area contributed by atoms with Crippen LogP contribution in [0.1, 0.15) is 18.4 Å². The van der Waals surface area contributed by atoms with E-state index in [2.05, 4.69) is 4.90 Å². The molecule has 1 aliphatic heterocycles. The minimum Gasteiger partial charge on any atom is -0.328 e. The van der Waals surface area contributed by atoms with E-state index in [-0.39, 0.29) is 5.02 Å². The molecule has 1 aromatic carbocycles. The van der Waals surface area contributed by atoms with Crippen molar-refractivity contribution in [2.75, 3.05) is 13.1 Å². The molecule has 0 aromatic heterocycles. The molecule has 0 spiro atoms. The van der Waals surface area contributed by atoms with Gasteiger partial charge in [0.15, 0.2) is 0 Å². The van der Waals surface area contributed by atoms with Crippen LogP contribution < -0.4 is 5.73 Å². The molecule has 1 saturated heterocycles. The highest BCUT2D eigenvalue weighted by Gasteiger charge is 2.18. The van der Waals surface area contributed by atoms with E-state index in [0.717, 1.165) is 31.5 Å². The van der Waals surface area contributed by atoms with Crippen molar-refractivity contribution < 1.29 is 4.39 Å². The second-order valence-corrected chi connectivity index (χ2v) is 5.20. The Morgan fingerprint density at radius 3 is 2.53 bits per heavy atom. The highest BCUT2D eigenvalue weighted by Crippen LogP contribution is 2.29. The molecule has 1 heterocycles. The Balaban J connectivity index is 2.06. The molecule has 0 radical (unpaired) electrons. The SMILES string of the molecule is NC1CCN(Cc2ccc(F)c(Cl)c2Cl)CC1. The first-order valence-corrected chi connectivity index (χ1v) is 6.44. The third kappa shape index (κ3) is 3.10. The fourth-order valence-electron chi connectivity index (χ4n) is 2.04. The quantitative estimate of drug-likeness (QED) is 0.842. The van der Waals surface area contributed by atoms with Crippen LogP contribution in [-0.2, 0) is 6.54 Å². The molecular formula is C12H15Cl2FN2. The maximum Gasteiger partial charge on any atom is 0.143 e. The first-order valence-electron chi connectivity index (χ1n) is 5.68. The number of nitrogens with zero attached hydrogens (tertiary/aromatic N) is 1. The van der Waals surface area contributed by atoms with Crippen molar-refractivity contribution in [2.45, 2.75) is 25.4 Å². The van der Waals surface area contributed by atoms with E-state index in [9.17, 15) is 4.39 Å². The monoisotopic (exact) mass is 276 g/mol. The molecule has 2 rings (SSSR count). The molecule has 0 atom stereocenters. The zero-order valence-electron chi connectivity index (χ0n) is 9.43. The summed E-state index contributed by atoms with van der Waals surface area (Å²) in [5.41, 5.74) is 6.71. The van der Waals surface area contributed by atoms with E-state index in [1.165, 1.54) is 6.07 Å². The van der Waals surface area contributed by atoms with Gasteiger partial charge in [-0.15, -0.1) is 0 Å². The Hall–Kier alpha value is -0.350. The highest BCUT2D eigenvalue weighted by molar-refractivity contribution is 6.42. The average Bonchev–Trinajstić information content (AvgIpc) is 2.33. The lowest BCUT2D eigenvalue weighted by Crippen LogP contribution is -2.39. The Kier molecular flexibility index (Phi) is 4.26. The second kappa shape index (κ2) is 5.53. The van der Waals surface area contributed by atoms with Crippen molar-refractivity contribution >= 4 is 23.2 Å². The summed E-state index contributed by atoms with van der Waals surface area (Å²) in [6.07, 6.45) is 1.99. The third-order valence-electron chi connectivity index (χ3n) is 3.14. The van der Waals surface area contributed by atoms with Crippen LogP contribution in [0.15, 0.2) is 12.1 Å². The summed E-state index contributed by atoms with van der Waals surface area (Å²) in [4.78, 5) is 2.26. The number of benzene rings is 1. The van der Waals surface area contributed by atoms with Crippen molar-refractivity contribution in [3.8, 4) is 0 Å². The first kappa shape index (κ1) is 13.1. The summed E-state index contributed by atoms with van der Waals surface area (Å²) in [6, 6.07) is 3.36. The molecule has 0 saturated carbocycles. The summed E-state index contributed by atoms with van der Waals surface area (Å²) in [5.74, 6) is -0.471. The topological polar surface area (TPSA) is 29.3 Å². The summed E-state index contributed by atoms with van der Waals surface area (Å²) in [6.45, 7) is 2.60. The predicted molar refractivity (Wildman–Crippen MR) is 68.9 cm³/mol. The highest BCUT2D eigenvalue weighted by atomic mass is 35.5. The number of likely N-dealkylation sites (tertiary alicyclic amines) is 1. The van der Waals surface area contributed by atoms with E-state index >= 15 is 0 Å². The van der Waals surface area contributed by atoms with E-state index in [4.69, 9.17) is 28.9 Å². The molecule has 0 aliphatic carbocycles. The molecule has 2 nitrogen and oxygen atoms in total. The molecular weight excluding hydrogens is 262 g/mol. The molecule has 1 aromatic rings. The van der Waals surface area contributed by atoms with Crippen molar-refractivity contribution in [2.24, 2.45) is 5.73 Å². The summed E-state index contributed by atoms with van der Waals surface area (Å²) in [7, 11) is 0. The van der Waals surface area contributed by atoms with Gasteiger partial charge in [0.1, 0.15) is 5.82 Å². The number of piperidine rings is 1. The zero-order valence-corrected chi connectivity index (χ0v) is 10.9. The molecule has 1 fully saturated rings. The van der Waals surface area contributed by atoms with Crippen LogP contribution in [0, 0.1) is 5.82 Å². The largest absolute Gasteiger partial charge is 0.328 e. The smallest absolute Gasteiger partial charge is 0.143 e. The van der Waals surface area contributed by atoms with Crippen LogP contribution in [0.25, 0.3) is 0 Å². The first-order chi connectivity index (χ1) is 8.08. The number of rotatable bonds is 2. The van der Waals surface area contributed by atoms with Gasteiger partial charge in [0, 0.05) is 12.6 Å². The van der Waals surface area contributed by atoms with Crippen LogP contribution in [0.3, 0.4) is 0 Å². The number of hydrogen-bond donors (Lipinski definition) is 1. The van der Waals surface area contributed by atoms with Gasteiger partial charge in [-0.05, 0) is 37.6 Å². The summed E-state index contributed by atoms with van der Waals surface area (Å²) in [5, 5.41) is 0.333. The van der Waals surface area contributed by atoms with Crippen molar-refractivity contribution in [3.05, 3.63) is 33.6 Å². The number of halogens is 3. The van der Waals surface area contributed by atoms with Gasteiger partial charge in [-0.2, -0.15) is 0 Å². The van der Waals surface area contributed by atoms with Crippen molar-refractivity contribution in [1.29, 1.82) is 0 Å². The maximum absolute atomic E-state index is 13.1. The minimum absolute atomic E-state index is 0.0119. The summed E-state index contributed by atoms with van der Waals surface area (Å²) >= 11 is 11.8. The van der Waals surface area contributed by atoms with Crippen LogP contribution in [0.5, 0.6) is 0 Å². The lowest BCUT2D eigenvalue weighted by Gasteiger charge is -2.30. The van der Waals surface area contributed by atoms with Gasteiger partial charge in [-0.25, -0.2) is 4.39 Å². The molecule has 1 aliphatic rings. The van der Waals surface area contributed by atoms with Crippen LogP contribution in [0.4, 0.5) is 4.39 Å². The molecule has 5 heteroatoms. The Morgan fingerprint density at radius 2 is 1.88 bits per heavy atom. The van der Waals surface area contributed by atoms with Gasteiger partial charge in [0.25, 0.3) is 0 Å². The molecule has 0 unspecified atom stereocenters. The predicted octanol–water partition coefficient (Wildman–Crippen LogP) is 3.06. The Labute approximate surface area is 110 Å². The van der Waals surface area contributed by atoms with E-state index in [1.807, 2.05) is 0 Å². The molecule has 0 bridgehead atoms. The number of hydrogen-bond acceptors (Lipinski definition) is 2. The lowest BCUT2D eigenvalue weighted by molar-refractivity contribution is 0.205.